The summed E-state index contributed by atoms with van der Waals surface area (Å²) < 4.78 is 0. The van der Waals surface area contributed by atoms with Crippen molar-refractivity contribution in [1.29, 1.82) is 0 Å². The van der Waals surface area contributed by atoms with E-state index in [1.54, 1.807) is 0 Å². The number of hydrogen-bond acceptors (Lipinski definition) is 5. The van der Waals surface area contributed by atoms with Gasteiger partial charge in [0, 0.05) is 26.2 Å². The highest BCUT2D eigenvalue weighted by atomic mass is 15.5. The van der Waals surface area contributed by atoms with E-state index in [4.69, 9.17) is 4.98 Å². The van der Waals surface area contributed by atoms with Crippen LogP contribution in [-0.2, 0) is 0 Å². The average molecular weight is 358 g/mol. The fourth-order valence-corrected chi connectivity index (χ4v) is 3.29. The summed E-state index contributed by atoms with van der Waals surface area (Å²) in [6.07, 6.45) is 7.44. The Bertz CT molecular complexity index is 554. The summed E-state index contributed by atoms with van der Waals surface area (Å²) in [7, 11) is 0. The van der Waals surface area contributed by atoms with Gasteiger partial charge in [-0.1, -0.05) is 16.5 Å². The second kappa shape index (κ2) is 9.59. The Hall–Kier alpha value is -2.05. The molecule has 0 radical (unpaired) electrons. The van der Waals surface area contributed by atoms with E-state index in [-0.39, 0.29) is 12.1 Å². The summed E-state index contributed by atoms with van der Waals surface area (Å²) in [4.78, 5) is 4.76. The molecular weight excluding hydrogens is 326 g/mol. The monoisotopic (exact) mass is 357 g/mol. The van der Waals surface area contributed by atoms with Crippen molar-refractivity contribution in [2.24, 2.45) is 20.7 Å². The summed E-state index contributed by atoms with van der Waals surface area (Å²) >= 11 is 0. The number of rotatable bonds is 6. The van der Waals surface area contributed by atoms with Crippen LogP contribution < -0.4 is 0 Å². The Morgan fingerprint density at radius 2 is 1.15 bits per heavy atom. The molecule has 2 fully saturated rings. The Balaban J connectivity index is 1.59. The second-order valence-corrected chi connectivity index (χ2v) is 7.28. The molecule has 0 bridgehead atoms. The molecule has 2 aliphatic rings. The van der Waals surface area contributed by atoms with Gasteiger partial charge >= 0.3 is 0 Å². The van der Waals surface area contributed by atoms with E-state index in [0.717, 1.165) is 37.6 Å². The highest BCUT2D eigenvalue weighted by Crippen LogP contribution is 2.21. The molecule has 2 aliphatic heterocycles. The third-order valence-electron chi connectivity index (χ3n) is 5.02. The molecule has 1 aromatic rings. The van der Waals surface area contributed by atoms with Crippen LogP contribution in [0.2, 0.25) is 0 Å². The van der Waals surface area contributed by atoms with E-state index in [9.17, 15) is 0 Å². The van der Waals surface area contributed by atoms with Crippen molar-refractivity contribution in [1.82, 2.24) is 15.0 Å². The lowest BCUT2D eigenvalue weighted by atomic mass is 10.1. The van der Waals surface area contributed by atoms with Gasteiger partial charge in [-0.3, -0.25) is 15.0 Å². The number of aromatic nitrogens is 1. The van der Waals surface area contributed by atoms with Gasteiger partial charge in [0.15, 0.2) is 0 Å². The minimum Gasteiger partial charge on any atom is -0.279 e. The molecule has 0 amide bonds. The van der Waals surface area contributed by atoms with Gasteiger partial charge in [0.1, 0.15) is 12.1 Å². The summed E-state index contributed by atoms with van der Waals surface area (Å²) in [5.41, 5.74) is 1.87. The van der Waals surface area contributed by atoms with Crippen molar-refractivity contribution < 1.29 is 0 Å². The first-order valence-electron chi connectivity index (χ1n) is 10.0. The molecule has 0 saturated carbocycles. The molecule has 0 aliphatic carbocycles. The standard InChI is InChI=1S/C19H31N7/c1-16(21-23-25-12-5-3-6-13-25)18-10-9-11-19(20-18)17(2)22-24-26-14-7-4-8-15-26/h9-11,16-17H,3-8,12-15H2,1-2H3. The quantitative estimate of drug-likeness (QED) is 0.679. The Labute approximate surface area is 156 Å². The third-order valence-corrected chi connectivity index (χ3v) is 5.02. The SMILES string of the molecule is CC(N=NN1CCCCC1)c1cccc(C(C)N=NN2CCCCC2)n1. The molecule has 7 nitrogen and oxygen atoms in total. The van der Waals surface area contributed by atoms with Crippen molar-refractivity contribution in [2.75, 3.05) is 26.2 Å². The van der Waals surface area contributed by atoms with Crippen LogP contribution in [0.1, 0.15) is 75.8 Å². The lowest BCUT2D eigenvalue weighted by Crippen LogP contribution is -2.24. The van der Waals surface area contributed by atoms with Gasteiger partial charge in [0.05, 0.1) is 11.4 Å². The van der Waals surface area contributed by atoms with Crippen molar-refractivity contribution in [3.8, 4) is 0 Å². The van der Waals surface area contributed by atoms with Crippen LogP contribution >= 0.6 is 0 Å². The van der Waals surface area contributed by atoms with Crippen LogP contribution in [0.15, 0.2) is 38.9 Å². The lowest BCUT2D eigenvalue weighted by molar-refractivity contribution is 0.217. The average Bonchev–Trinajstić information content (AvgIpc) is 2.72. The van der Waals surface area contributed by atoms with Crippen LogP contribution in [-0.4, -0.2) is 41.2 Å². The molecule has 2 atom stereocenters. The van der Waals surface area contributed by atoms with Gasteiger partial charge in [-0.15, -0.1) is 0 Å². The van der Waals surface area contributed by atoms with Crippen LogP contribution in [0.5, 0.6) is 0 Å². The van der Waals surface area contributed by atoms with Gasteiger partial charge in [-0.05, 0) is 64.5 Å². The molecule has 7 heteroatoms. The first kappa shape index (κ1) is 18.7. The molecule has 0 aromatic carbocycles. The van der Waals surface area contributed by atoms with Crippen molar-refractivity contribution in [3.63, 3.8) is 0 Å². The zero-order valence-electron chi connectivity index (χ0n) is 16.1. The summed E-state index contributed by atoms with van der Waals surface area (Å²) in [5, 5.41) is 21.9. The largest absolute Gasteiger partial charge is 0.279 e. The van der Waals surface area contributed by atoms with Gasteiger partial charge in [0.2, 0.25) is 0 Å². The fraction of sp³-hybridized carbons (Fsp3) is 0.737. The zero-order valence-corrected chi connectivity index (χ0v) is 16.1. The second-order valence-electron chi connectivity index (χ2n) is 7.28. The number of pyridine rings is 1. The lowest BCUT2D eigenvalue weighted by Gasteiger charge is -2.22. The van der Waals surface area contributed by atoms with Crippen LogP contribution in [0.25, 0.3) is 0 Å². The highest BCUT2D eigenvalue weighted by molar-refractivity contribution is 5.16. The smallest absolute Gasteiger partial charge is 0.112 e. The Morgan fingerprint density at radius 3 is 1.58 bits per heavy atom. The third kappa shape index (κ3) is 5.47. The maximum absolute atomic E-state index is 4.76. The first-order chi connectivity index (χ1) is 12.7. The molecular formula is C19H31N7. The minimum absolute atomic E-state index is 0.0527. The molecule has 0 spiro atoms. The summed E-state index contributed by atoms with van der Waals surface area (Å²) in [5.74, 6) is 0. The molecule has 0 N–H and O–H groups in total. The van der Waals surface area contributed by atoms with Crippen LogP contribution in [0.4, 0.5) is 0 Å². The van der Waals surface area contributed by atoms with Gasteiger partial charge < -0.3 is 0 Å². The van der Waals surface area contributed by atoms with E-state index in [2.05, 4.69) is 30.7 Å². The fourth-order valence-electron chi connectivity index (χ4n) is 3.29. The van der Waals surface area contributed by atoms with Crippen LogP contribution in [0, 0.1) is 0 Å². The van der Waals surface area contributed by atoms with Crippen molar-refractivity contribution in [3.05, 3.63) is 29.6 Å². The topological polar surface area (TPSA) is 68.8 Å². The minimum atomic E-state index is -0.0527. The summed E-state index contributed by atoms with van der Waals surface area (Å²) in [6, 6.07) is 5.94. The number of nitrogens with zero attached hydrogens (tertiary/aromatic N) is 7. The number of hydrogen-bond donors (Lipinski definition) is 0. The molecule has 3 rings (SSSR count). The van der Waals surface area contributed by atoms with E-state index < -0.39 is 0 Å². The normalized spacial score (nSPS) is 21.5. The van der Waals surface area contributed by atoms with Gasteiger partial charge in [0.25, 0.3) is 0 Å². The molecule has 2 unspecified atom stereocenters. The molecule has 2 saturated heterocycles. The first-order valence-corrected chi connectivity index (χ1v) is 10.0. The van der Waals surface area contributed by atoms with Gasteiger partial charge in [-0.2, -0.15) is 10.2 Å². The number of piperidine rings is 2. The van der Waals surface area contributed by atoms with E-state index in [1.807, 2.05) is 32.0 Å². The van der Waals surface area contributed by atoms with E-state index in [1.165, 1.54) is 38.5 Å². The van der Waals surface area contributed by atoms with Crippen molar-refractivity contribution >= 4 is 0 Å². The molecule has 142 valence electrons. The predicted octanol–water partition coefficient (Wildman–Crippen LogP) is 4.91. The molecule has 26 heavy (non-hydrogen) atoms. The van der Waals surface area contributed by atoms with Gasteiger partial charge in [-0.25, -0.2) is 0 Å². The molecule has 1 aromatic heterocycles. The van der Waals surface area contributed by atoms with Crippen LogP contribution in [0.3, 0.4) is 0 Å². The van der Waals surface area contributed by atoms with Crippen molar-refractivity contribution in [2.45, 2.75) is 64.5 Å². The zero-order chi connectivity index (χ0) is 18.2. The summed E-state index contributed by atoms with van der Waals surface area (Å²) in [6.45, 7) is 8.13. The maximum atomic E-state index is 4.76. The predicted molar refractivity (Wildman–Crippen MR) is 102 cm³/mol. The van der Waals surface area contributed by atoms with E-state index >= 15 is 0 Å². The van der Waals surface area contributed by atoms with E-state index in [0.29, 0.717) is 0 Å². The Morgan fingerprint density at radius 1 is 0.731 bits per heavy atom. The maximum Gasteiger partial charge on any atom is 0.112 e. The highest BCUT2D eigenvalue weighted by Gasteiger charge is 2.13. The molecule has 3 heterocycles. The Kier molecular flexibility index (Phi) is 6.91.